The molecule has 0 saturated heterocycles. The standard InChI is InChI=1S/C9H13N3OS/c1-2-9-11-8(12-13-9)7-14-6-4-3-5-10/h2-4,6-7H2,1H3. The lowest BCUT2D eigenvalue weighted by atomic mass is 10.4. The van der Waals surface area contributed by atoms with Gasteiger partial charge in [0.25, 0.3) is 0 Å². The Kier molecular flexibility index (Phi) is 5.08. The third kappa shape index (κ3) is 3.79. The summed E-state index contributed by atoms with van der Waals surface area (Å²) in [6.07, 6.45) is 2.34. The van der Waals surface area contributed by atoms with Crippen LogP contribution in [0.15, 0.2) is 4.52 Å². The van der Waals surface area contributed by atoms with E-state index in [9.17, 15) is 0 Å². The number of nitrogens with zero attached hydrogens (tertiary/aromatic N) is 3. The molecule has 0 saturated carbocycles. The first-order valence-corrected chi connectivity index (χ1v) is 5.78. The Morgan fingerprint density at radius 2 is 2.43 bits per heavy atom. The first-order chi connectivity index (χ1) is 6.86. The van der Waals surface area contributed by atoms with E-state index in [1.165, 1.54) is 0 Å². The summed E-state index contributed by atoms with van der Waals surface area (Å²) in [6.45, 7) is 1.98. The molecule has 0 amide bonds. The number of hydrogen-bond acceptors (Lipinski definition) is 5. The molecule has 14 heavy (non-hydrogen) atoms. The van der Waals surface area contributed by atoms with Crippen molar-refractivity contribution in [2.75, 3.05) is 5.75 Å². The Bertz CT molecular complexity index is 305. The van der Waals surface area contributed by atoms with E-state index in [2.05, 4.69) is 16.2 Å². The van der Waals surface area contributed by atoms with Gasteiger partial charge in [0.15, 0.2) is 5.82 Å². The van der Waals surface area contributed by atoms with Gasteiger partial charge in [0, 0.05) is 12.8 Å². The lowest BCUT2D eigenvalue weighted by molar-refractivity contribution is 0.378. The minimum atomic E-state index is 0.624. The molecule has 1 heterocycles. The van der Waals surface area contributed by atoms with E-state index >= 15 is 0 Å². The van der Waals surface area contributed by atoms with Crippen LogP contribution in [-0.2, 0) is 12.2 Å². The van der Waals surface area contributed by atoms with Crippen molar-refractivity contribution in [3.05, 3.63) is 11.7 Å². The van der Waals surface area contributed by atoms with Crippen molar-refractivity contribution in [3.8, 4) is 6.07 Å². The Balaban J connectivity index is 2.15. The van der Waals surface area contributed by atoms with Crippen LogP contribution in [0.5, 0.6) is 0 Å². The van der Waals surface area contributed by atoms with E-state index in [1.807, 2.05) is 6.92 Å². The number of unbranched alkanes of at least 4 members (excludes halogenated alkanes) is 1. The lowest BCUT2D eigenvalue weighted by Crippen LogP contribution is -1.87. The van der Waals surface area contributed by atoms with E-state index in [4.69, 9.17) is 9.78 Å². The summed E-state index contributed by atoms with van der Waals surface area (Å²) in [7, 11) is 0. The molecule has 1 aromatic heterocycles. The zero-order valence-electron chi connectivity index (χ0n) is 8.19. The molecule has 0 aliphatic heterocycles. The van der Waals surface area contributed by atoms with E-state index in [0.29, 0.717) is 12.3 Å². The Hall–Kier alpha value is -1.02. The molecule has 76 valence electrons. The van der Waals surface area contributed by atoms with Crippen molar-refractivity contribution in [1.29, 1.82) is 5.26 Å². The van der Waals surface area contributed by atoms with Crippen LogP contribution in [0.3, 0.4) is 0 Å². The van der Waals surface area contributed by atoms with Crippen molar-refractivity contribution in [3.63, 3.8) is 0 Å². The second kappa shape index (κ2) is 6.44. The normalized spacial score (nSPS) is 10.0. The van der Waals surface area contributed by atoms with E-state index in [0.717, 1.165) is 30.2 Å². The fourth-order valence-electron chi connectivity index (χ4n) is 0.909. The number of aromatic nitrogens is 2. The van der Waals surface area contributed by atoms with Crippen molar-refractivity contribution >= 4 is 11.8 Å². The molecule has 0 aromatic carbocycles. The van der Waals surface area contributed by atoms with Gasteiger partial charge in [-0.1, -0.05) is 12.1 Å². The average molecular weight is 211 g/mol. The van der Waals surface area contributed by atoms with Gasteiger partial charge in [0.1, 0.15) is 0 Å². The predicted octanol–water partition coefficient (Wildman–Crippen LogP) is 2.17. The van der Waals surface area contributed by atoms with Crippen molar-refractivity contribution in [2.24, 2.45) is 0 Å². The molecule has 0 N–H and O–H groups in total. The fraction of sp³-hybridized carbons (Fsp3) is 0.667. The van der Waals surface area contributed by atoms with Crippen LogP contribution in [0.1, 0.15) is 31.5 Å². The van der Waals surface area contributed by atoms with Gasteiger partial charge in [-0.2, -0.15) is 22.0 Å². The quantitative estimate of drug-likeness (QED) is 0.675. The van der Waals surface area contributed by atoms with Gasteiger partial charge in [-0.3, -0.25) is 0 Å². The molecular formula is C9H13N3OS. The highest BCUT2D eigenvalue weighted by molar-refractivity contribution is 7.98. The predicted molar refractivity (Wildman–Crippen MR) is 54.7 cm³/mol. The maximum Gasteiger partial charge on any atom is 0.226 e. The summed E-state index contributed by atoms with van der Waals surface area (Å²) in [4.78, 5) is 4.18. The minimum absolute atomic E-state index is 0.624. The molecule has 0 unspecified atom stereocenters. The molecule has 0 atom stereocenters. The third-order valence-electron chi connectivity index (χ3n) is 1.62. The molecule has 1 aromatic rings. The van der Waals surface area contributed by atoms with Crippen LogP contribution in [0.25, 0.3) is 0 Å². The summed E-state index contributed by atoms with van der Waals surface area (Å²) in [5.74, 6) is 3.19. The molecule has 0 bridgehead atoms. The highest BCUT2D eigenvalue weighted by atomic mass is 32.2. The first kappa shape index (κ1) is 11.1. The van der Waals surface area contributed by atoms with Crippen molar-refractivity contribution in [2.45, 2.75) is 31.9 Å². The maximum absolute atomic E-state index is 8.32. The summed E-state index contributed by atoms with van der Waals surface area (Å²) in [5, 5.41) is 12.2. The molecule has 0 radical (unpaired) electrons. The van der Waals surface area contributed by atoms with Crippen LogP contribution in [-0.4, -0.2) is 15.9 Å². The van der Waals surface area contributed by atoms with E-state index in [1.54, 1.807) is 11.8 Å². The van der Waals surface area contributed by atoms with Crippen molar-refractivity contribution < 1.29 is 4.52 Å². The molecule has 0 spiro atoms. The van der Waals surface area contributed by atoms with Crippen LogP contribution in [0.2, 0.25) is 0 Å². The smallest absolute Gasteiger partial charge is 0.226 e. The Labute approximate surface area is 87.7 Å². The SMILES string of the molecule is CCc1nc(CSCCCC#N)no1. The molecule has 5 heteroatoms. The van der Waals surface area contributed by atoms with Gasteiger partial charge in [-0.05, 0) is 12.2 Å². The van der Waals surface area contributed by atoms with Gasteiger partial charge in [0.2, 0.25) is 5.89 Å². The number of hydrogen-bond donors (Lipinski definition) is 0. The molecular weight excluding hydrogens is 198 g/mol. The zero-order chi connectivity index (χ0) is 10.2. The number of thioether (sulfide) groups is 1. The van der Waals surface area contributed by atoms with Gasteiger partial charge in [0.05, 0.1) is 11.8 Å². The Morgan fingerprint density at radius 1 is 1.57 bits per heavy atom. The third-order valence-corrected chi connectivity index (χ3v) is 2.66. The maximum atomic E-state index is 8.32. The summed E-state index contributed by atoms with van der Waals surface area (Å²) >= 11 is 1.73. The van der Waals surface area contributed by atoms with Gasteiger partial charge >= 0.3 is 0 Å². The number of nitriles is 1. The molecule has 0 aliphatic rings. The van der Waals surface area contributed by atoms with E-state index in [-0.39, 0.29) is 0 Å². The summed E-state index contributed by atoms with van der Waals surface area (Å²) in [6, 6.07) is 2.12. The van der Waals surface area contributed by atoms with Crippen LogP contribution in [0, 0.1) is 11.3 Å². The van der Waals surface area contributed by atoms with Crippen LogP contribution < -0.4 is 0 Å². The van der Waals surface area contributed by atoms with Gasteiger partial charge < -0.3 is 4.52 Å². The molecule has 0 fully saturated rings. The molecule has 0 aliphatic carbocycles. The minimum Gasteiger partial charge on any atom is -0.339 e. The fourth-order valence-corrected chi connectivity index (χ4v) is 1.70. The molecule has 4 nitrogen and oxygen atoms in total. The lowest BCUT2D eigenvalue weighted by Gasteiger charge is -1.93. The summed E-state index contributed by atoms with van der Waals surface area (Å²) in [5.41, 5.74) is 0. The highest BCUT2D eigenvalue weighted by Crippen LogP contribution is 2.11. The van der Waals surface area contributed by atoms with Gasteiger partial charge in [-0.15, -0.1) is 0 Å². The second-order valence-electron chi connectivity index (χ2n) is 2.77. The van der Waals surface area contributed by atoms with E-state index < -0.39 is 0 Å². The number of aryl methyl sites for hydroxylation is 1. The van der Waals surface area contributed by atoms with Crippen LogP contribution >= 0.6 is 11.8 Å². The average Bonchev–Trinajstić information content (AvgIpc) is 2.65. The number of rotatable bonds is 6. The monoisotopic (exact) mass is 211 g/mol. The zero-order valence-corrected chi connectivity index (χ0v) is 9.01. The second-order valence-corrected chi connectivity index (χ2v) is 3.88. The van der Waals surface area contributed by atoms with Gasteiger partial charge in [-0.25, -0.2) is 0 Å². The highest BCUT2D eigenvalue weighted by Gasteiger charge is 2.03. The molecule has 1 rings (SSSR count). The largest absolute Gasteiger partial charge is 0.339 e. The van der Waals surface area contributed by atoms with Crippen molar-refractivity contribution in [1.82, 2.24) is 10.1 Å². The topological polar surface area (TPSA) is 62.7 Å². The summed E-state index contributed by atoms with van der Waals surface area (Å²) < 4.78 is 4.97. The van der Waals surface area contributed by atoms with Crippen LogP contribution in [0.4, 0.5) is 0 Å². The Morgan fingerprint density at radius 3 is 3.07 bits per heavy atom. The first-order valence-electron chi connectivity index (χ1n) is 4.63.